The van der Waals surface area contributed by atoms with Gasteiger partial charge in [0, 0.05) is 23.4 Å². The number of amides is 1. The van der Waals surface area contributed by atoms with Gasteiger partial charge in [-0.15, -0.1) is 0 Å². The summed E-state index contributed by atoms with van der Waals surface area (Å²) in [6.45, 7) is 3.03. The topological polar surface area (TPSA) is 63.9 Å². The van der Waals surface area contributed by atoms with Crippen molar-refractivity contribution in [2.24, 2.45) is 0 Å². The van der Waals surface area contributed by atoms with Crippen LogP contribution in [-0.2, 0) is 13.1 Å². The van der Waals surface area contributed by atoms with Gasteiger partial charge in [0.1, 0.15) is 0 Å². The van der Waals surface area contributed by atoms with E-state index < -0.39 is 0 Å². The number of aryl methyl sites for hydroxylation is 1. The summed E-state index contributed by atoms with van der Waals surface area (Å²) in [6, 6.07) is 13.3. The van der Waals surface area contributed by atoms with Crippen molar-refractivity contribution in [1.29, 1.82) is 0 Å². The number of nitrogens with zero attached hydrogens (tertiary/aromatic N) is 5. The highest BCUT2D eigenvalue weighted by molar-refractivity contribution is 9.10. The summed E-state index contributed by atoms with van der Waals surface area (Å²) < 4.78 is 3.73. The average Bonchev–Trinajstić information content (AvgIpc) is 3.32. The Bertz CT molecular complexity index is 1090. The number of rotatable bonds is 5. The van der Waals surface area contributed by atoms with Crippen molar-refractivity contribution in [3.8, 4) is 0 Å². The van der Waals surface area contributed by atoms with Crippen LogP contribution in [0.15, 0.2) is 59.3 Å². The van der Waals surface area contributed by atoms with Crippen LogP contribution in [0.3, 0.4) is 0 Å². The van der Waals surface area contributed by atoms with Gasteiger partial charge in [0.05, 0.1) is 22.5 Å². The Morgan fingerprint density at radius 2 is 2.15 bits per heavy atom. The van der Waals surface area contributed by atoms with Gasteiger partial charge in [0.2, 0.25) is 0 Å². The molecule has 0 radical (unpaired) electrons. The van der Waals surface area contributed by atoms with E-state index in [1.807, 2.05) is 49.5 Å². The zero-order valence-corrected chi connectivity index (χ0v) is 16.9. The number of carbonyl (C=O) groups excluding carboxylic acids is 1. The molecule has 136 valence electrons. The Hall–Kier alpha value is -2.58. The number of fused-ring (bicyclic) bond motifs is 1. The summed E-state index contributed by atoms with van der Waals surface area (Å²) in [6.07, 6.45) is 3.53. The largest absolute Gasteiger partial charge is 0.280 e. The van der Waals surface area contributed by atoms with E-state index >= 15 is 0 Å². The maximum absolute atomic E-state index is 13.2. The van der Waals surface area contributed by atoms with E-state index in [2.05, 4.69) is 31.0 Å². The van der Waals surface area contributed by atoms with Crippen molar-refractivity contribution in [3.05, 3.63) is 70.7 Å². The van der Waals surface area contributed by atoms with Crippen LogP contribution in [0.25, 0.3) is 10.2 Å². The van der Waals surface area contributed by atoms with Gasteiger partial charge < -0.3 is 0 Å². The van der Waals surface area contributed by atoms with Crippen molar-refractivity contribution >= 4 is 48.5 Å². The van der Waals surface area contributed by atoms with Gasteiger partial charge in [-0.1, -0.05) is 33.3 Å². The molecule has 0 N–H and O–H groups in total. The lowest BCUT2D eigenvalue weighted by molar-refractivity contribution is 0.0979. The van der Waals surface area contributed by atoms with Gasteiger partial charge in [0.15, 0.2) is 10.8 Å². The first-order chi connectivity index (χ1) is 13.1. The van der Waals surface area contributed by atoms with Crippen LogP contribution in [0, 0.1) is 0 Å². The third-order valence-corrected chi connectivity index (χ3v) is 5.58. The molecule has 3 aromatic heterocycles. The zero-order valence-electron chi connectivity index (χ0n) is 14.5. The molecule has 0 aliphatic carbocycles. The van der Waals surface area contributed by atoms with Crippen molar-refractivity contribution < 1.29 is 4.79 Å². The summed E-state index contributed by atoms with van der Waals surface area (Å²) >= 11 is 4.96. The normalized spacial score (nSPS) is 11.0. The number of aromatic nitrogens is 4. The Kier molecular flexibility index (Phi) is 5.00. The molecule has 4 aromatic rings. The van der Waals surface area contributed by atoms with Gasteiger partial charge >= 0.3 is 0 Å². The molecule has 27 heavy (non-hydrogen) atoms. The summed E-state index contributed by atoms with van der Waals surface area (Å²) in [4.78, 5) is 23.9. The van der Waals surface area contributed by atoms with E-state index in [0.29, 0.717) is 23.9 Å². The molecule has 0 unspecified atom stereocenters. The molecule has 8 heteroatoms. The second kappa shape index (κ2) is 7.58. The van der Waals surface area contributed by atoms with Crippen molar-refractivity contribution in [1.82, 2.24) is 19.7 Å². The van der Waals surface area contributed by atoms with E-state index in [9.17, 15) is 4.79 Å². The minimum atomic E-state index is -0.189. The smallest absolute Gasteiger partial charge is 0.276 e. The van der Waals surface area contributed by atoms with Crippen LogP contribution in [0.1, 0.15) is 23.1 Å². The first-order valence-corrected chi connectivity index (χ1v) is 10.1. The number of benzene rings is 1. The fraction of sp³-hybridized carbons (Fsp3) is 0.158. The minimum absolute atomic E-state index is 0.189. The SMILES string of the molecule is CCn1ccc(C(=O)N(Cc2ccccn2)c2nc3ccc(Br)cc3s2)n1. The molecule has 0 atom stereocenters. The van der Waals surface area contributed by atoms with Crippen LogP contribution in [0.5, 0.6) is 0 Å². The third-order valence-electron chi connectivity index (χ3n) is 4.05. The molecular weight excluding hydrogens is 426 g/mol. The van der Waals surface area contributed by atoms with Crippen molar-refractivity contribution in [2.45, 2.75) is 20.0 Å². The molecule has 1 amide bonds. The number of pyridine rings is 1. The minimum Gasteiger partial charge on any atom is -0.276 e. The Balaban J connectivity index is 1.75. The lowest BCUT2D eigenvalue weighted by Crippen LogP contribution is -2.31. The predicted molar refractivity (Wildman–Crippen MR) is 110 cm³/mol. The summed E-state index contributed by atoms with van der Waals surface area (Å²) in [5.41, 5.74) is 2.05. The molecule has 3 heterocycles. The molecule has 0 aliphatic rings. The van der Waals surface area contributed by atoms with Gasteiger partial charge in [0.25, 0.3) is 5.91 Å². The molecular formula is C19H16BrN5OS. The van der Waals surface area contributed by atoms with E-state index in [1.165, 1.54) is 11.3 Å². The van der Waals surface area contributed by atoms with Crippen molar-refractivity contribution in [2.75, 3.05) is 4.90 Å². The van der Waals surface area contributed by atoms with Crippen LogP contribution >= 0.6 is 27.3 Å². The Morgan fingerprint density at radius 3 is 2.89 bits per heavy atom. The summed E-state index contributed by atoms with van der Waals surface area (Å²) in [7, 11) is 0. The lowest BCUT2D eigenvalue weighted by atomic mass is 10.3. The van der Waals surface area contributed by atoms with E-state index in [1.54, 1.807) is 21.8 Å². The van der Waals surface area contributed by atoms with E-state index in [0.717, 1.165) is 20.4 Å². The van der Waals surface area contributed by atoms with Gasteiger partial charge in [-0.25, -0.2) is 4.98 Å². The number of carbonyl (C=O) groups is 1. The zero-order chi connectivity index (χ0) is 18.8. The highest BCUT2D eigenvalue weighted by Gasteiger charge is 2.24. The predicted octanol–water partition coefficient (Wildman–Crippen LogP) is 4.52. The number of hydrogen-bond acceptors (Lipinski definition) is 5. The fourth-order valence-electron chi connectivity index (χ4n) is 2.67. The molecule has 0 saturated carbocycles. The summed E-state index contributed by atoms with van der Waals surface area (Å²) in [5.74, 6) is -0.189. The molecule has 0 saturated heterocycles. The van der Waals surface area contributed by atoms with Gasteiger partial charge in [-0.3, -0.25) is 19.4 Å². The molecule has 6 nitrogen and oxygen atoms in total. The molecule has 0 aliphatic heterocycles. The maximum atomic E-state index is 13.2. The van der Waals surface area contributed by atoms with Gasteiger partial charge in [-0.2, -0.15) is 5.10 Å². The second-order valence-corrected chi connectivity index (χ2v) is 7.80. The van der Waals surface area contributed by atoms with Crippen LogP contribution in [0.4, 0.5) is 5.13 Å². The highest BCUT2D eigenvalue weighted by atomic mass is 79.9. The molecule has 4 rings (SSSR count). The van der Waals surface area contributed by atoms with E-state index in [4.69, 9.17) is 0 Å². The number of halogens is 1. The quantitative estimate of drug-likeness (QED) is 0.456. The second-order valence-electron chi connectivity index (χ2n) is 5.88. The molecule has 0 bridgehead atoms. The first-order valence-electron chi connectivity index (χ1n) is 8.45. The van der Waals surface area contributed by atoms with Crippen molar-refractivity contribution in [3.63, 3.8) is 0 Å². The highest BCUT2D eigenvalue weighted by Crippen LogP contribution is 2.32. The number of hydrogen-bond donors (Lipinski definition) is 0. The molecule has 1 aromatic carbocycles. The Labute approximate surface area is 168 Å². The van der Waals surface area contributed by atoms with Crippen LogP contribution in [-0.4, -0.2) is 25.7 Å². The van der Waals surface area contributed by atoms with E-state index in [-0.39, 0.29) is 5.91 Å². The monoisotopic (exact) mass is 441 g/mol. The average molecular weight is 442 g/mol. The number of thiazole rings is 1. The maximum Gasteiger partial charge on any atom is 0.280 e. The standard InChI is InChI=1S/C19H16BrN5OS/c1-2-24-10-8-16(23-24)18(26)25(12-14-5-3-4-9-21-14)19-22-15-7-6-13(20)11-17(15)27-19/h3-11H,2,12H2,1H3. The summed E-state index contributed by atoms with van der Waals surface area (Å²) in [5, 5.41) is 4.99. The van der Waals surface area contributed by atoms with Crippen LogP contribution in [0.2, 0.25) is 0 Å². The lowest BCUT2D eigenvalue weighted by Gasteiger charge is -2.18. The fourth-order valence-corrected chi connectivity index (χ4v) is 4.19. The van der Waals surface area contributed by atoms with Gasteiger partial charge in [-0.05, 0) is 43.3 Å². The van der Waals surface area contributed by atoms with Crippen LogP contribution < -0.4 is 4.90 Å². The third kappa shape index (κ3) is 3.77. The molecule has 0 fully saturated rings. The molecule has 0 spiro atoms. The number of anilines is 1. The first kappa shape index (κ1) is 17.8. The Morgan fingerprint density at radius 1 is 1.26 bits per heavy atom.